The topological polar surface area (TPSA) is 25.6 Å². The zero-order valence-corrected chi connectivity index (χ0v) is 11.0. The van der Waals surface area contributed by atoms with Crippen molar-refractivity contribution in [1.29, 1.82) is 0 Å². The van der Waals surface area contributed by atoms with Crippen LogP contribution in [0.3, 0.4) is 0 Å². The summed E-state index contributed by atoms with van der Waals surface area (Å²) in [5.74, 6) is 2.58. The number of nitrogens with zero attached hydrogens (tertiary/aromatic N) is 1. The lowest BCUT2D eigenvalue weighted by Gasteiger charge is -2.27. The molecule has 0 aliphatic carbocycles. The van der Waals surface area contributed by atoms with Crippen molar-refractivity contribution in [2.45, 2.75) is 18.8 Å². The van der Waals surface area contributed by atoms with Crippen molar-refractivity contribution in [1.82, 2.24) is 4.90 Å². The zero-order valence-electron chi connectivity index (χ0n) is 11.0. The first-order valence-electron chi connectivity index (χ1n) is 6.51. The van der Waals surface area contributed by atoms with Gasteiger partial charge in [-0.25, -0.2) is 0 Å². The molecule has 0 N–H and O–H groups in total. The fourth-order valence-electron chi connectivity index (χ4n) is 2.76. The van der Waals surface area contributed by atoms with Gasteiger partial charge in [-0.15, -0.1) is 0 Å². The first-order chi connectivity index (χ1) is 8.78. The van der Waals surface area contributed by atoms with E-state index in [0.717, 1.165) is 24.6 Å². The van der Waals surface area contributed by atoms with Crippen LogP contribution in [0.25, 0.3) is 10.8 Å². The predicted molar refractivity (Wildman–Crippen MR) is 72.2 cm³/mol. The lowest BCUT2D eigenvalue weighted by Crippen LogP contribution is -2.29. The molecule has 0 saturated carbocycles. The van der Waals surface area contributed by atoms with E-state index in [4.69, 9.17) is 9.15 Å². The van der Waals surface area contributed by atoms with E-state index in [9.17, 15) is 0 Å². The van der Waals surface area contributed by atoms with E-state index in [-0.39, 0.29) is 0 Å². The Morgan fingerprint density at radius 2 is 2.06 bits per heavy atom. The van der Waals surface area contributed by atoms with Crippen LogP contribution in [0.15, 0.2) is 28.9 Å². The molecule has 1 aromatic carbocycles. The van der Waals surface area contributed by atoms with Crippen molar-refractivity contribution in [3.05, 3.63) is 30.2 Å². The third-order valence-electron chi connectivity index (χ3n) is 3.93. The van der Waals surface area contributed by atoms with E-state index in [0.29, 0.717) is 5.92 Å². The minimum atomic E-state index is 0.547. The Labute approximate surface area is 107 Å². The van der Waals surface area contributed by atoms with Crippen molar-refractivity contribution < 1.29 is 9.15 Å². The number of methoxy groups -OCH3 is 1. The molecule has 0 spiro atoms. The normalized spacial score (nSPS) is 18.3. The van der Waals surface area contributed by atoms with Crippen LogP contribution in [0.1, 0.15) is 24.5 Å². The quantitative estimate of drug-likeness (QED) is 0.812. The van der Waals surface area contributed by atoms with Crippen molar-refractivity contribution in [3.63, 3.8) is 0 Å². The molecule has 3 nitrogen and oxygen atoms in total. The van der Waals surface area contributed by atoms with Gasteiger partial charge in [-0.1, -0.05) is 0 Å². The second-order valence-electron chi connectivity index (χ2n) is 5.13. The number of hydrogen-bond donors (Lipinski definition) is 0. The highest BCUT2D eigenvalue weighted by atomic mass is 16.5. The van der Waals surface area contributed by atoms with Gasteiger partial charge in [0.15, 0.2) is 0 Å². The third kappa shape index (κ3) is 1.99. The third-order valence-corrected chi connectivity index (χ3v) is 3.93. The molecule has 96 valence electrons. The van der Waals surface area contributed by atoms with Crippen molar-refractivity contribution in [2.24, 2.45) is 0 Å². The molecule has 18 heavy (non-hydrogen) atoms. The molecule has 2 aromatic rings. The molecule has 3 rings (SSSR count). The average molecular weight is 245 g/mol. The molecule has 0 unspecified atom stereocenters. The van der Waals surface area contributed by atoms with E-state index in [2.05, 4.69) is 24.1 Å². The molecule has 1 fully saturated rings. The maximum atomic E-state index is 5.82. The van der Waals surface area contributed by atoms with Crippen LogP contribution < -0.4 is 4.74 Å². The van der Waals surface area contributed by atoms with Gasteiger partial charge in [0.05, 0.1) is 13.4 Å². The van der Waals surface area contributed by atoms with Gasteiger partial charge in [0.25, 0.3) is 0 Å². The summed E-state index contributed by atoms with van der Waals surface area (Å²) in [5, 5.41) is 2.38. The van der Waals surface area contributed by atoms with Crippen LogP contribution in [-0.4, -0.2) is 32.1 Å². The Balaban J connectivity index is 1.96. The number of likely N-dealkylation sites (tertiary alicyclic amines) is 1. The number of rotatable bonds is 2. The van der Waals surface area contributed by atoms with Gasteiger partial charge in [-0.05, 0) is 51.2 Å². The summed E-state index contributed by atoms with van der Waals surface area (Å²) in [4.78, 5) is 2.38. The molecule has 1 aliphatic rings. The van der Waals surface area contributed by atoms with Crippen LogP contribution in [0.5, 0.6) is 5.75 Å². The van der Waals surface area contributed by atoms with Gasteiger partial charge in [0, 0.05) is 16.7 Å². The first kappa shape index (κ1) is 11.6. The Morgan fingerprint density at radius 1 is 1.28 bits per heavy atom. The molecule has 1 saturated heterocycles. The highest BCUT2D eigenvalue weighted by Crippen LogP contribution is 2.35. The zero-order chi connectivity index (χ0) is 12.5. The van der Waals surface area contributed by atoms with Gasteiger partial charge in [0.2, 0.25) is 0 Å². The smallest absolute Gasteiger partial charge is 0.119 e. The SMILES string of the molecule is COc1ccc2coc(C3CCN(C)CC3)c2c1. The van der Waals surface area contributed by atoms with Crippen molar-refractivity contribution in [3.8, 4) is 5.75 Å². The Morgan fingerprint density at radius 3 is 2.78 bits per heavy atom. The number of ether oxygens (including phenoxy) is 1. The number of fused-ring (bicyclic) bond motifs is 1. The minimum Gasteiger partial charge on any atom is -0.497 e. The molecular formula is C15H19NO2. The molecular weight excluding hydrogens is 226 g/mol. The Kier molecular flexibility index (Phi) is 3.00. The van der Waals surface area contributed by atoms with E-state index < -0.39 is 0 Å². The molecule has 1 aliphatic heterocycles. The Bertz CT molecular complexity index is 538. The molecule has 3 heteroatoms. The van der Waals surface area contributed by atoms with E-state index >= 15 is 0 Å². The monoisotopic (exact) mass is 245 g/mol. The summed E-state index contributed by atoms with van der Waals surface area (Å²) in [6.07, 6.45) is 4.22. The first-order valence-corrected chi connectivity index (χ1v) is 6.51. The van der Waals surface area contributed by atoms with Gasteiger partial charge in [-0.3, -0.25) is 0 Å². The number of hydrogen-bond acceptors (Lipinski definition) is 3. The largest absolute Gasteiger partial charge is 0.497 e. The molecule has 0 bridgehead atoms. The highest BCUT2D eigenvalue weighted by Gasteiger charge is 2.23. The summed E-state index contributed by atoms with van der Waals surface area (Å²) in [7, 11) is 3.88. The standard InChI is InChI=1S/C15H19NO2/c1-16-7-5-11(6-8-16)15-14-9-13(17-2)4-3-12(14)10-18-15/h3-4,9-11H,5-8H2,1-2H3. The van der Waals surface area contributed by atoms with Gasteiger partial charge in [0.1, 0.15) is 11.5 Å². The van der Waals surface area contributed by atoms with Gasteiger partial charge >= 0.3 is 0 Å². The number of furan rings is 1. The fourth-order valence-corrected chi connectivity index (χ4v) is 2.76. The van der Waals surface area contributed by atoms with Crippen LogP contribution in [0, 0.1) is 0 Å². The fraction of sp³-hybridized carbons (Fsp3) is 0.467. The number of piperidine rings is 1. The number of benzene rings is 1. The summed E-state index contributed by atoms with van der Waals surface area (Å²) >= 11 is 0. The molecule has 0 amide bonds. The van der Waals surface area contributed by atoms with Gasteiger partial charge < -0.3 is 14.1 Å². The summed E-state index contributed by atoms with van der Waals surface area (Å²) in [6.45, 7) is 2.30. The summed E-state index contributed by atoms with van der Waals surface area (Å²) in [5.41, 5.74) is 0. The second kappa shape index (κ2) is 4.65. The van der Waals surface area contributed by atoms with Crippen LogP contribution in [0.4, 0.5) is 0 Å². The average Bonchev–Trinajstić information content (AvgIpc) is 2.82. The lowest BCUT2D eigenvalue weighted by atomic mass is 9.92. The Hall–Kier alpha value is -1.48. The van der Waals surface area contributed by atoms with Crippen LogP contribution in [0.2, 0.25) is 0 Å². The summed E-state index contributed by atoms with van der Waals surface area (Å²) in [6, 6.07) is 6.14. The highest BCUT2D eigenvalue weighted by molar-refractivity contribution is 5.85. The maximum absolute atomic E-state index is 5.82. The molecule has 0 atom stereocenters. The van der Waals surface area contributed by atoms with Crippen molar-refractivity contribution >= 4 is 10.8 Å². The van der Waals surface area contributed by atoms with E-state index in [1.807, 2.05) is 12.3 Å². The van der Waals surface area contributed by atoms with E-state index in [1.54, 1.807) is 7.11 Å². The van der Waals surface area contributed by atoms with Gasteiger partial charge in [-0.2, -0.15) is 0 Å². The molecule has 1 aromatic heterocycles. The molecule has 0 radical (unpaired) electrons. The van der Waals surface area contributed by atoms with Crippen LogP contribution >= 0.6 is 0 Å². The van der Waals surface area contributed by atoms with Crippen LogP contribution in [-0.2, 0) is 0 Å². The lowest BCUT2D eigenvalue weighted by molar-refractivity contribution is 0.241. The minimum absolute atomic E-state index is 0.547. The van der Waals surface area contributed by atoms with Crippen molar-refractivity contribution in [2.75, 3.05) is 27.2 Å². The molecule has 2 heterocycles. The second-order valence-corrected chi connectivity index (χ2v) is 5.13. The predicted octanol–water partition coefficient (Wildman–Crippen LogP) is 3.25. The maximum Gasteiger partial charge on any atom is 0.119 e. The summed E-state index contributed by atoms with van der Waals surface area (Å²) < 4.78 is 11.1. The van der Waals surface area contributed by atoms with E-state index in [1.165, 1.54) is 23.6 Å².